The van der Waals surface area contributed by atoms with Crippen LogP contribution in [-0.4, -0.2) is 11.9 Å². The van der Waals surface area contributed by atoms with E-state index in [1.165, 1.54) is 19.3 Å². The van der Waals surface area contributed by atoms with Crippen LogP contribution >= 0.6 is 12.4 Å². The zero-order valence-electron chi connectivity index (χ0n) is 15.6. The molecule has 4 heteroatoms. The van der Waals surface area contributed by atoms with Crippen molar-refractivity contribution in [3.63, 3.8) is 0 Å². The molecule has 0 heterocycles. The molecule has 2 aliphatic carbocycles. The van der Waals surface area contributed by atoms with Crippen LogP contribution in [-0.2, 0) is 4.79 Å². The SMILES string of the molecule is Cl.NC1C2CCCC1CC(C(=O)NC(c1ccccc1)c1ccccc1)C2. The predicted molar refractivity (Wildman–Crippen MR) is 112 cm³/mol. The number of carbonyl (C=O) groups excluding carboxylic acids is 1. The summed E-state index contributed by atoms with van der Waals surface area (Å²) in [6, 6.07) is 20.7. The smallest absolute Gasteiger partial charge is 0.223 e. The van der Waals surface area contributed by atoms with Gasteiger partial charge in [0.25, 0.3) is 0 Å². The van der Waals surface area contributed by atoms with Crippen LogP contribution in [0.3, 0.4) is 0 Å². The van der Waals surface area contributed by atoms with Crippen molar-refractivity contribution in [3.05, 3.63) is 71.8 Å². The second kappa shape index (κ2) is 8.90. The Morgan fingerprint density at radius 2 is 1.37 bits per heavy atom. The van der Waals surface area contributed by atoms with Crippen LogP contribution in [0.1, 0.15) is 49.3 Å². The maximum absolute atomic E-state index is 13.1. The summed E-state index contributed by atoms with van der Waals surface area (Å²) in [5.74, 6) is 1.32. The highest BCUT2D eigenvalue weighted by Gasteiger charge is 2.40. The van der Waals surface area contributed by atoms with Crippen molar-refractivity contribution in [1.29, 1.82) is 0 Å². The van der Waals surface area contributed by atoms with Gasteiger partial charge in [0, 0.05) is 12.0 Å². The van der Waals surface area contributed by atoms with Gasteiger partial charge in [0.1, 0.15) is 0 Å². The molecule has 0 aromatic heterocycles. The van der Waals surface area contributed by atoms with E-state index in [2.05, 4.69) is 29.6 Å². The molecule has 0 saturated heterocycles. The van der Waals surface area contributed by atoms with E-state index in [1.807, 2.05) is 36.4 Å². The molecule has 2 bridgehead atoms. The minimum absolute atomic E-state index is 0. The fraction of sp³-hybridized carbons (Fsp3) is 0.435. The molecule has 27 heavy (non-hydrogen) atoms. The molecule has 2 aromatic carbocycles. The molecule has 144 valence electrons. The number of carbonyl (C=O) groups is 1. The molecule has 3 N–H and O–H groups in total. The molecule has 2 unspecified atom stereocenters. The van der Waals surface area contributed by atoms with Crippen LogP contribution in [0.25, 0.3) is 0 Å². The lowest BCUT2D eigenvalue weighted by molar-refractivity contribution is -0.128. The molecule has 2 fully saturated rings. The molecule has 2 atom stereocenters. The Kier molecular flexibility index (Phi) is 6.56. The fourth-order valence-corrected chi connectivity index (χ4v) is 4.91. The third-order valence-corrected chi connectivity index (χ3v) is 6.34. The Morgan fingerprint density at radius 1 is 0.889 bits per heavy atom. The van der Waals surface area contributed by atoms with Gasteiger partial charge in [-0.25, -0.2) is 0 Å². The average Bonchev–Trinajstić information content (AvgIpc) is 2.67. The number of halogens is 1. The summed E-state index contributed by atoms with van der Waals surface area (Å²) in [6.07, 6.45) is 5.53. The topological polar surface area (TPSA) is 55.1 Å². The summed E-state index contributed by atoms with van der Waals surface area (Å²) in [6.45, 7) is 0. The van der Waals surface area contributed by atoms with Crippen LogP contribution in [0.15, 0.2) is 60.7 Å². The molecular formula is C23H29ClN2O. The minimum atomic E-state index is -0.0969. The van der Waals surface area contributed by atoms with E-state index in [0.29, 0.717) is 17.9 Å². The molecule has 1 amide bonds. The highest BCUT2D eigenvalue weighted by molar-refractivity contribution is 5.85. The van der Waals surface area contributed by atoms with E-state index in [0.717, 1.165) is 24.0 Å². The lowest BCUT2D eigenvalue weighted by atomic mass is 9.65. The van der Waals surface area contributed by atoms with Crippen molar-refractivity contribution in [2.45, 2.75) is 44.2 Å². The first kappa shape index (κ1) is 19.9. The number of nitrogens with two attached hydrogens (primary N) is 1. The van der Waals surface area contributed by atoms with Crippen LogP contribution in [0.5, 0.6) is 0 Å². The first-order valence-corrected chi connectivity index (χ1v) is 9.88. The lowest BCUT2D eigenvalue weighted by Gasteiger charge is -2.43. The maximum Gasteiger partial charge on any atom is 0.223 e. The van der Waals surface area contributed by atoms with Crippen molar-refractivity contribution in [3.8, 4) is 0 Å². The van der Waals surface area contributed by atoms with Gasteiger partial charge in [0.2, 0.25) is 5.91 Å². The largest absolute Gasteiger partial charge is 0.345 e. The summed E-state index contributed by atoms with van der Waals surface area (Å²) in [7, 11) is 0. The Morgan fingerprint density at radius 3 is 1.85 bits per heavy atom. The predicted octanol–water partition coefficient (Wildman–Crippen LogP) is 4.47. The summed E-state index contributed by atoms with van der Waals surface area (Å²) in [5, 5.41) is 3.34. The number of fused-ring (bicyclic) bond motifs is 2. The van der Waals surface area contributed by atoms with Gasteiger partial charge >= 0.3 is 0 Å². The van der Waals surface area contributed by atoms with E-state index in [4.69, 9.17) is 5.73 Å². The van der Waals surface area contributed by atoms with Gasteiger partial charge < -0.3 is 11.1 Å². The van der Waals surface area contributed by atoms with Gasteiger partial charge in [-0.2, -0.15) is 0 Å². The van der Waals surface area contributed by atoms with E-state index < -0.39 is 0 Å². The third kappa shape index (κ3) is 4.36. The number of rotatable bonds is 4. The Bertz CT molecular complexity index is 683. The van der Waals surface area contributed by atoms with Crippen LogP contribution < -0.4 is 11.1 Å². The monoisotopic (exact) mass is 384 g/mol. The zero-order valence-corrected chi connectivity index (χ0v) is 16.4. The summed E-state index contributed by atoms with van der Waals surface area (Å²) in [4.78, 5) is 13.1. The van der Waals surface area contributed by atoms with Gasteiger partial charge in [-0.3, -0.25) is 4.79 Å². The van der Waals surface area contributed by atoms with Crippen LogP contribution in [0.2, 0.25) is 0 Å². The van der Waals surface area contributed by atoms with Gasteiger partial charge in [-0.1, -0.05) is 67.1 Å². The van der Waals surface area contributed by atoms with E-state index in [-0.39, 0.29) is 30.3 Å². The average molecular weight is 385 g/mol. The van der Waals surface area contributed by atoms with Gasteiger partial charge in [0.05, 0.1) is 6.04 Å². The van der Waals surface area contributed by atoms with E-state index in [1.54, 1.807) is 0 Å². The summed E-state index contributed by atoms with van der Waals surface area (Å²) < 4.78 is 0. The third-order valence-electron chi connectivity index (χ3n) is 6.34. The van der Waals surface area contributed by atoms with Gasteiger partial charge in [-0.15, -0.1) is 12.4 Å². The normalized spacial score (nSPS) is 26.9. The first-order valence-electron chi connectivity index (χ1n) is 9.88. The number of hydrogen-bond donors (Lipinski definition) is 2. The van der Waals surface area contributed by atoms with E-state index in [9.17, 15) is 4.79 Å². The molecular weight excluding hydrogens is 356 g/mol. The molecule has 2 aliphatic rings. The maximum atomic E-state index is 13.1. The second-order valence-electron chi connectivity index (χ2n) is 7.96. The van der Waals surface area contributed by atoms with Crippen molar-refractivity contribution in [2.75, 3.05) is 0 Å². The summed E-state index contributed by atoms with van der Waals surface area (Å²) in [5.41, 5.74) is 8.65. The van der Waals surface area contributed by atoms with Gasteiger partial charge in [-0.05, 0) is 48.6 Å². The Hall–Kier alpha value is -1.84. The van der Waals surface area contributed by atoms with Crippen molar-refractivity contribution in [1.82, 2.24) is 5.32 Å². The van der Waals surface area contributed by atoms with E-state index >= 15 is 0 Å². The number of amides is 1. The zero-order chi connectivity index (χ0) is 17.9. The molecule has 0 spiro atoms. The molecule has 0 aliphatic heterocycles. The quantitative estimate of drug-likeness (QED) is 0.817. The van der Waals surface area contributed by atoms with Crippen molar-refractivity contribution in [2.24, 2.45) is 23.5 Å². The van der Waals surface area contributed by atoms with Crippen LogP contribution in [0.4, 0.5) is 0 Å². The van der Waals surface area contributed by atoms with Crippen molar-refractivity contribution >= 4 is 18.3 Å². The Balaban J connectivity index is 0.00000210. The molecule has 2 saturated carbocycles. The first-order chi connectivity index (χ1) is 12.7. The number of benzene rings is 2. The highest BCUT2D eigenvalue weighted by Crippen LogP contribution is 2.42. The van der Waals surface area contributed by atoms with Crippen LogP contribution in [0, 0.1) is 17.8 Å². The lowest BCUT2D eigenvalue weighted by Crippen LogP contribution is -2.49. The van der Waals surface area contributed by atoms with Gasteiger partial charge in [0.15, 0.2) is 0 Å². The Labute approximate surface area is 168 Å². The highest BCUT2D eigenvalue weighted by atomic mass is 35.5. The minimum Gasteiger partial charge on any atom is -0.345 e. The second-order valence-corrected chi connectivity index (χ2v) is 7.96. The molecule has 2 aromatic rings. The molecule has 0 radical (unpaired) electrons. The molecule has 3 nitrogen and oxygen atoms in total. The number of hydrogen-bond acceptors (Lipinski definition) is 2. The summed E-state index contributed by atoms with van der Waals surface area (Å²) >= 11 is 0. The molecule has 4 rings (SSSR count). The fourth-order valence-electron chi connectivity index (χ4n) is 4.91. The standard InChI is InChI=1S/C23H28N2O.ClH/c24-21-18-12-7-13-19(21)15-20(14-18)23(26)25-22(16-8-3-1-4-9-16)17-10-5-2-6-11-17;/h1-6,8-11,18-22H,7,12-15,24H2,(H,25,26);1H. The van der Waals surface area contributed by atoms with Crippen molar-refractivity contribution < 1.29 is 4.79 Å². The number of nitrogens with one attached hydrogen (secondary N) is 1.